The number of carbonyl (C=O) groups is 2. The van der Waals surface area contributed by atoms with Gasteiger partial charge in [-0.3, -0.25) is 9.59 Å². The number of rotatable bonds is 6. The van der Waals surface area contributed by atoms with Crippen LogP contribution in [-0.4, -0.2) is 55.3 Å². The Morgan fingerprint density at radius 3 is 2.91 bits per heavy atom. The third-order valence-corrected chi connectivity index (χ3v) is 4.98. The Kier molecular flexibility index (Phi) is 6.23. The molecule has 2 heterocycles. The highest BCUT2D eigenvalue weighted by molar-refractivity contribution is 7.16. The fraction of sp³-hybridized carbons (Fsp3) is 0.600. The summed E-state index contributed by atoms with van der Waals surface area (Å²) in [5, 5.41) is 2.95. The highest BCUT2D eigenvalue weighted by Gasteiger charge is 2.29. The van der Waals surface area contributed by atoms with E-state index in [1.165, 1.54) is 11.3 Å². The van der Waals surface area contributed by atoms with E-state index in [4.69, 9.17) is 11.6 Å². The van der Waals surface area contributed by atoms with E-state index in [2.05, 4.69) is 5.32 Å². The van der Waals surface area contributed by atoms with Crippen LogP contribution in [0.2, 0.25) is 4.34 Å². The SMILES string of the molecule is CN(C)CCN1C[C@H](C(=O)NCc2ccc(Cl)s2)CCC1=O. The van der Waals surface area contributed by atoms with Gasteiger partial charge >= 0.3 is 0 Å². The van der Waals surface area contributed by atoms with E-state index >= 15 is 0 Å². The van der Waals surface area contributed by atoms with Gasteiger partial charge in [-0.15, -0.1) is 11.3 Å². The van der Waals surface area contributed by atoms with Gasteiger partial charge in [0.2, 0.25) is 11.8 Å². The van der Waals surface area contributed by atoms with Crippen molar-refractivity contribution in [2.75, 3.05) is 33.7 Å². The van der Waals surface area contributed by atoms with E-state index in [0.717, 1.165) is 15.8 Å². The molecule has 5 nitrogen and oxygen atoms in total. The van der Waals surface area contributed by atoms with Crippen molar-refractivity contribution in [2.45, 2.75) is 19.4 Å². The van der Waals surface area contributed by atoms with E-state index in [0.29, 0.717) is 32.5 Å². The topological polar surface area (TPSA) is 52.6 Å². The van der Waals surface area contributed by atoms with Crippen molar-refractivity contribution in [1.82, 2.24) is 15.1 Å². The van der Waals surface area contributed by atoms with Gasteiger partial charge in [-0.2, -0.15) is 0 Å². The summed E-state index contributed by atoms with van der Waals surface area (Å²) in [7, 11) is 3.95. The molecule has 1 fully saturated rings. The van der Waals surface area contributed by atoms with Crippen molar-refractivity contribution in [2.24, 2.45) is 5.92 Å². The normalized spacial score (nSPS) is 18.8. The van der Waals surface area contributed by atoms with Gasteiger partial charge < -0.3 is 15.1 Å². The maximum atomic E-state index is 12.3. The van der Waals surface area contributed by atoms with Gasteiger partial charge in [0.1, 0.15) is 0 Å². The fourth-order valence-electron chi connectivity index (χ4n) is 2.43. The maximum Gasteiger partial charge on any atom is 0.225 e. The van der Waals surface area contributed by atoms with Crippen LogP contribution in [0.25, 0.3) is 0 Å². The van der Waals surface area contributed by atoms with Gasteiger partial charge in [0.05, 0.1) is 16.8 Å². The molecule has 22 heavy (non-hydrogen) atoms. The average molecular weight is 344 g/mol. The average Bonchev–Trinajstić information content (AvgIpc) is 2.89. The highest BCUT2D eigenvalue weighted by Crippen LogP contribution is 2.22. The minimum Gasteiger partial charge on any atom is -0.351 e. The number of hydrogen-bond acceptors (Lipinski definition) is 4. The molecule has 0 saturated carbocycles. The van der Waals surface area contributed by atoms with Crippen molar-refractivity contribution in [1.29, 1.82) is 0 Å². The number of nitrogens with one attached hydrogen (secondary N) is 1. The van der Waals surface area contributed by atoms with Crippen LogP contribution in [0.15, 0.2) is 12.1 Å². The summed E-state index contributed by atoms with van der Waals surface area (Å²) in [5.41, 5.74) is 0. The molecular weight excluding hydrogens is 322 g/mol. The highest BCUT2D eigenvalue weighted by atomic mass is 35.5. The number of likely N-dealkylation sites (tertiary alicyclic amines) is 1. The first-order chi connectivity index (χ1) is 10.5. The van der Waals surface area contributed by atoms with E-state index < -0.39 is 0 Å². The first kappa shape index (κ1) is 17.2. The first-order valence-corrected chi connectivity index (χ1v) is 8.59. The minimum absolute atomic E-state index is 0.0203. The molecule has 0 unspecified atom stereocenters. The molecule has 0 aromatic carbocycles. The zero-order valence-corrected chi connectivity index (χ0v) is 14.5. The number of thiophene rings is 1. The lowest BCUT2D eigenvalue weighted by atomic mass is 9.96. The molecule has 1 saturated heterocycles. The summed E-state index contributed by atoms with van der Waals surface area (Å²) in [5.74, 6) is 0.0538. The van der Waals surface area contributed by atoms with Crippen LogP contribution in [0.4, 0.5) is 0 Å². The second kappa shape index (κ2) is 7.94. The van der Waals surface area contributed by atoms with Gasteiger partial charge in [0, 0.05) is 30.9 Å². The number of amides is 2. The lowest BCUT2D eigenvalue weighted by Gasteiger charge is -2.32. The number of piperidine rings is 1. The van der Waals surface area contributed by atoms with Gasteiger partial charge in [-0.25, -0.2) is 0 Å². The van der Waals surface area contributed by atoms with E-state index in [-0.39, 0.29) is 17.7 Å². The Hall–Kier alpha value is -1.11. The lowest BCUT2D eigenvalue weighted by Crippen LogP contribution is -2.47. The second-order valence-electron chi connectivity index (χ2n) is 5.80. The Balaban J connectivity index is 1.83. The molecule has 1 aliphatic heterocycles. The zero-order chi connectivity index (χ0) is 16.1. The lowest BCUT2D eigenvalue weighted by molar-refractivity contribution is -0.138. The largest absolute Gasteiger partial charge is 0.351 e. The summed E-state index contributed by atoms with van der Waals surface area (Å²) < 4.78 is 0.724. The van der Waals surface area contributed by atoms with Crippen LogP contribution < -0.4 is 5.32 Å². The summed E-state index contributed by atoms with van der Waals surface area (Å²) in [6.45, 7) is 2.51. The smallest absolute Gasteiger partial charge is 0.225 e. The molecule has 2 rings (SSSR count). The molecule has 1 aliphatic rings. The number of carbonyl (C=O) groups excluding carboxylic acids is 2. The van der Waals surface area contributed by atoms with Crippen LogP contribution >= 0.6 is 22.9 Å². The Morgan fingerprint density at radius 2 is 2.27 bits per heavy atom. The Morgan fingerprint density at radius 1 is 1.50 bits per heavy atom. The fourth-order valence-corrected chi connectivity index (χ4v) is 3.46. The van der Waals surface area contributed by atoms with Crippen molar-refractivity contribution >= 4 is 34.8 Å². The number of likely N-dealkylation sites (N-methyl/N-ethyl adjacent to an activating group) is 1. The standard InChI is InChI=1S/C15H22ClN3O2S/c1-18(2)7-8-19-10-11(3-6-14(19)20)15(21)17-9-12-4-5-13(16)22-12/h4-5,11H,3,6-10H2,1-2H3,(H,17,21)/t11-/m1/s1. The van der Waals surface area contributed by atoms with E-state index in [9.17, 15) is 9.59 Å². The van der Waals surface area contributed by atoms with Crippen molar-refractivity contribution in [3.05, 3.63) is 21.3 Å². The molecule has 1 aromatic rings. The first-order valence-electron chi connectivity index (χ1n) is 7.40. The number of halogens is 1. The van der Waals surface area contributed by atoms with E-state index in [1.807, 2.05) is 31.1 Å². The second-order valence-corrected chi connectivity index (χ2v) is 7.60. The van der Waals surface area contributed by atoms with Gasteiger partial charge in [-0.05, 0) is 32.6 Å². The Bertz CT molecular complexity index is 533. The van der Waals surface area contributed by atoms with Crippen LogP contribution in [0.5, 0.6) is 0 Å². The Labute approximate surface area is 140 Å². The molecule has 2 amide bonds. The van der Waals surface area contributed by atoms with Crippen LogP contribution in [-0.2, 0) is 16.1 Å². The summed E-state index contributed by atoms with van der Waals surface area (Å²) in [4.78, 5) is 29.1. The molecule has 1 aromatic heterocycles. The number of hydrogen-bond donors (Lipinski definition) is 1. The molecule has 122 valence electrons. The monoisotopic (exact) mass is 343 g/mol. The zero-order valence-electron chi connectivity index (χ0n) is 13.0. The predicted octanol–water partition coefficient (Wildman–Crippen LogP) is 1.82. The van der Waals surface area contributed by atoms with Gasteiger partial charge in [0.15, 0.2) is 0 Å². The molecule has 1 atom stereocenters. The van der Waals surface area contributed by atoms with Gasteiger partial charge in [-0.1, -0.05) is 11.6 Å². The quantitative estimate of drug-likeness (QED) is 0.857. The van der Waals surface area contributed by atoms with Crippen LogP contribution in [0.1, 0.15) is 17.7 Å². The molecule has 0 radical (unpaired) electrons. The summed E-state index contributed by atoms with van der Waals surface area (Å²) in [6.07, 6.45) is 1.09. The van der Waals surface area contributed by atoms with Crippen LogP contribution in [0, 0.1) is 5.92 Å². The molecule has 0 spiro atoms. The van der Waals surface area contributed by atoms with E-state index in [1.54, 1.807) is 4.90 Å². The summed E-state index contributed by atoms with van der Waals surface area (Å²) in [6, 6.07) is 3.75. The third-order valence-electron chi connectivity index (χ3n) is 3.75. The molecule has 0 aliphatic carbocycles. The summed E-state index contributed by atoms with van der Waals surface area (Å²) >= 11 is 7.35. The minimum atomic E-state index is -0.115. The molecular formula is C15H22ClN3O2S. The molecule has 1 N–H and O–H groups in total. The molecule has 0 bridgehead atoms. The third kappa shape index (κ3) is 4.97. The van der Waals surface area contributed by atoms with Crippen molar-refractivity contribution in [3.8, 4) is 0 Å². The van der Waals surface area contributed by atoms with Gasteiger partial charge in [0.25, 0.3) is 0 Å². The van der Waals surface area contributed by atoms with Crippen molar-refractivity contribution in [3.63, 3.8) is 0 Å². The number of nitrogens with zero attached hydrogens (tertiary/aromatic N) is 2. The van der Waals surface area contributed by atoms with Crippen molar-refractivity contribution < 1.29 is 9.59 Å². The van der Waals surface area contributed by atoms with Crippen LogP contribution in [0.3, 0.4) is 0 Å². The predicted molar refractivity (Wildman–Crippen MR) is 89.0 cm³/mol. The maximum absolute atomic E-state index is 12.3. The molecule has 7 heteroatoms.